The second-order valence-electron chi connectivity index (χ2n) is 6.01. The Morgan fingerprint density at radius 1 is 0.714 bits per heavy atom. The molecule has 2 aromatic rings. The highest BCUT2D eigenvalue weighted by Crippen LogP contribution is 2.22. The Kier molecular flexibility index (Phi) is 9.47. The quantitative estimate of drug-likeness (QED) is 0.323. The molecule has 0 saturated carbocycles. The molecular weight excluding hydrogens is 448 g/mol. The third-order valence-corrected chi connectivity index (χ3v) is 5.21. The number of hydrogen-bond acceptors (Lipinski definition) is 3. The lowest BCUT2D eigenvalue weighted by atomic mass is 10.3. The van der Waals surface area contributed by atoms with Gasteiger partial charge in [-0.3, -0.25) is 9.59 Å². The summed E-state index contributed by atoms with van der Waals surface area (Å²) in [5.41, 5.74) is 0.688. The summed E-state index contributed by atoms with van der Waals surface area (Å²) in [7, 11) is 0. The highest BCUT2D eigenvalue weighted by molar-refractivity contribution is 6.42. The first-order chi connectivity index (χ1) is 13.4. The van der Waals surface area contributed by atoms with Gasteiger partial charge >= 0.3 is 0 Å². The highest BCUT2D eigenvalue weighted by atomic mass is 35.5. The van der Waals surface area contributed by atoms with Gasteiger partial charge in [0, 0.05) is 13.1 Å². The lowest BCUT2D eigenvalue weighted by Gasteiger charge is -2.07. The smallest absolute Gasteiger partial charge is 0.267 e. The van der Waals surface area contributed by atoms with Gasteiger partial charge in [-0.2, -0.15) is 0 Å². The van der Waals surface area contributed by atoms with Crippen molar-refractivity contribution in [2.45, 2.75) is 19.3 Å². The van der Waals surface area contributed by atoms with E-state index in [0.29, 0.717) is 34.5 Å². The van der Waals surface area contributed by atoms with Crippen LogP contribution < -0.4 is 16.0 Å². The topological polar surface area (TPSA) is 102 Å². The van der Waals surface area contributed by atoms with Gasteiger partial charge in [0.05, 0.1) is 10.0 Å². The molecule has 0 radical (unpaired) electrons. The van der Waals surface area contributed by atoms with Crippen LogP contribution in [0.4, 0.5) is 0 Å². The number of aromatic amines is 2. The Balaban J connectivity index is 1.45. The molecule has 2 rings (SSSR count). The van der Waals surface area contributed by atoms with Crippen LogP contribution in [0.1, 0.15) is 40.2 Å². The average Bonchev–Trinajstić information content (AvgIpc) is 3.18. The maximum Gasteiger partial charge on any atom is 0.267 e. The first kappa shape index (κ1) is 22.9. The highest BCUT2D eigenvalue weighted by Gasteiger charge is 2.11. The van der Waals surface area contributed by atoms with Gasteiger partial charge in [0.2, 0.25) is 0 Å². The monoisotopic (exact) mass is 467 g/mol. The van der Waals surface area contributed by atoms with E-state index in [1.807, 2.05) is 0 Å². The molecule has 5 N–H and O–H groups in total. The summed E-state index contributed by atoms with van der Waals surface area (Å²) in [6.45, 7) is 2.70. The van der Waals surface area contributed by atoms with Crippen LogP contribution in [0.5, 0.6) is 0 Å². The van der Waals surface area contributed by atoms with Crippen LogP contribution in [0.2, 0.25) is 20.4 Å². The molecular formula is C17H21Cl4N5O2. The van der Waals surface area contributed by atoms with E-state index in [1.165, 1.54) is 12.1 Å². The molecule has 2 heterocycles. The van der Waals surface area contributed by atoms with E-state index in [-0.39, 0.29) is 22.1 Å². The third kappa shape index (κ3) is 7.22. The minimum atomic E-state index is -0.241. The van der Waals surface area contributed by atoms with Crippen molar-refractivity contribution in [3.8, 4) is 0 Å². The minimum Gasteiger partial charge on any atom is -0.351 e. The van der Waals surface area contributed by atoms with Gasteiger partial charge in [0.25, 0.3) is 11.8 Å². The molecule has 154 valence electrons. The number of carbonyl (C=O) groups is 2. The van der Waals surface area contributed by atoms with E-state index >= 15 is 0 Å². The zero-order valence-electron chi connectivity index (χ0n) is 14.9. The van der Waals surface area contributed by atoms with Gasteiger partial charge in [0.15, 0.2) is 0 Å². The second-order valence-corrected chi connectivity index (χ2v) is 7.58. The molecule has 28 heavy (non-hydrogen) atoms. The van der Waals surface area contributed by atoms with Crippen LogP contribution in [0.25, 0.3) is 0 Å². The summed E-state index contributed by atoms with van der Waals surface area (Å²) in [6.07, 6.45) is 2.54. The molecule has 0 atom stereocenters. The van der Waals surface area contributed by atoms with Gasteiger partial charge in [0.1, 0.15) is 21.7 Å². The van der Waals surface area contributed by atoms with Crippen molar-refractivity contribution >= 4 is 58.2 Å². The number of amides is 2. The number of aromatic nitrogens is 2. The fraction of sp³-hybridized carbons (Fsp3) is 0.412. The Hall–Kier alpha value is -1.38. The van der Waals surface area contributed by atoms with Gasteiger partial charge in [-0.25, -0.2) is 0 Å². The Morgan fingerprint density at radius 3 is 1.61 bits per heavy atom. The van der Waals surface area contributed by atoms with Crippen molar-refractivity contribution in [1.29, 1.82) is 0 Å². The number of unbranched alkanes of at least 4 members (excludes halogenated alkanes) is 1. The molecule has 0 aliphatic heterocycles. The van der Waals surface area contributed by atoms with E-state index in [4.69, 9.17) is 46.4 Å². The van der Waals surface area contributed by atoms with Crippen LogP contribution >= 0.6 is 46.4 Å². The Labute approximate surface area is 182 Å². The largest absolute Gasteiger partial charge is 0.351 e. The summed E-state index contributed by atoms with van der Waals surface area (Å²) >= 11 is 23.1. The van der Waals surface area contributed by atoms with Crippen molar-refractivity contribution in [3.05, 3.63) is 43.9 Å². The van der Waals surface area contributed by atoms with Crippen LogP contribution in [-0.2, 0) is 0 Å². The predicted octanol–water partition coefficient (Wildman–Crippen LogP) is 3.88. The average molecular weight is 469 g/mol. The molecule has 2 aromatic heterocycles. The normalized spacial score (nSPS) is 10.9. The molecule has 0 bridgehead atoms. The summed E-state index contributed by atoms with van der Waals surface area (Å²) < 4.78 is 0. The molecule has 0 aliphatic rings. The Bertz CT molecular complexity index is 700. The molecule has 11 heteroatoms. The fourth-order valence-corrected chi connectivity index (χ4v) is 2.99. The fourth-order valence-electron chi connectivity index (χ4n) is 2.36. The van der Waals surface area contributed by atoms with Crippen LogP contribution in [0.3, 0.4) is 0 Å². The second kappa shape index (κ2) is 11.6. The van der Waals surface area contributed by atoms with Gasteiger partial charge in [-0.1, -0.05) is 46.4 Å². The number of carbonyl (C=O) groups excluding carboxylic acids is 2. The van der Waals surface area contributed by atoms with Crippen LogP contribution in [0, 0.1) is 0 Å². The maximum absolute atomic E-state index is 11.9. The maximum atomic E-state index is 11.9. The molecule has 0 spiro atoms. The lowest BCUT2D eigenvalue weighted by Crippen LogP contribution is -2.28. The number of rotatable bonds is 11. The van der Waals surface area contributed by atoms with E-state index in [1.54, 1.807) is 0 Å². The van der Waals surface area contributed by atoms with E-state index in [9.17, 15) is 9.59 Å². The summed E-state index contributed by atoms with van der Waals surface area (Å²) in [4.78, 5) is 29.2. The number of halogens is 4. The summed E-state index contributed by atoms with van der Waals surface area (Å²) in [6, 6.07) is 2.99. The van der Waals surface area contributed by atoms with Crippen molar-refractivity contribution in [2.75, 3.05) is 26.2 Å². The van der Waals surface area contributed by atoms with E-state index < -0.39 is 0 Å². The molecule has 0 aromatic carbocycles. The summed E-state index contributed by atoms with van der Waals surface area (Å²) in [5, 5.41) is 10.0. The molecule has 2 amide bonds. The van der Waals surface area contributed by atoms with E-state index in [2.05, 4.69) is 25.9 Å². The number of H-pyrrole nitrogens is 2. The standard InChI is InChI=1S/C17H21Cl4N5O2/c18-10-8-12(25-14(10)20)16(27)23-6-2-1-4-22-5-3-7-24-17(28)13-9-11(19)15(21)26-13/h8-9,22,25-26H,1-7H2,(H,23,27)(H,24,28). The van der Waals surface area contributed by atoms with Crippen LogP contribution in [-0.4, -0.2) is 48.0 Å². The van der Waals surface area contributed by atoms with Crippen molar-refractivity contribution in [1.82, 2.24) is 25.9 Å². The zero-order valence-corrected chi connectivity index (χ0v) is 18.0. The van der Waals surface area contributed by atoms with Crippen molar-refractivity contribution < 1.29 is 9.59 Å². The molecule has 0 saturated heterocycles. The number of nitrogens with one attached hydrogen (secondary N) is 5. The van der Waals surface area contributed by atoms with Gasteiger partial charge < -0.3 is 25.9 Å². The van der Waals surface area contributed by atoms with E-state index in [0.717, 1.165) is 32.4 Å². The zero-order chi connectivity index (χ0) is 20.5. The lowest BCUT2D eigenvalue weighted by molar-refractivity contribution is 0.0940. The Morgan fingerprint density at radius 2 is 1.14 bits per heavy atom. The van der Waals surface area contributed by atoms with Crippen molar-refractivity contribution in [3.63, 3.8) is 0 Å². The SMILES string of the molecule is O=C(NCCCCNCCCNC(=O)c1cc(Cl)c(Cl)[nH]1)c1cc(Cl)c(Cl)[nH]1. The molecule has 0 aliphatic carbocycles. The van der Waals surface area contributed by atoms with Crippen molar-refractivity contribution in [2.24, 2.45) is 0 Å². The molecule has 0 unspecified atom stereocenters. The first-order valence-corrected chi connectivity index (χ1v) is 10.2. The molecule has 7 nitrogen and oxygen atoms in total. The predicted molar refractivity (Wildman–Crippen MR) is 113 cm³/mol. The van der Waals surface area contributed by atoms with Gasteiger partial charge in [-0.15, -0.1) is 0 Å². The number of hydrogen-bond donors (Lipinski definition) is 5. The first-order valence-electron chi connectivity index (χ1n) is 8.73. The third-order valence-electron chi connectivity index (χ3n) is 3.82. The van der Waals surface area contributed by atoms with Gasteiger partial charge in [-0.05, 0) is 44.5 Å². The minimum absolute atomic E-state index is 0.234. The molecule has 0 fully saturated rings. The summed E-state index contributed by atoms with van der Waals surface area (Å²) in [5.74, 6) is -0.476. The van der Waals surface area contributed by atoms with Crippen LogP contribution in [0.15, 0.2) is 12.1 Å².